The van der Waals surface area contributed by atoms with E-state index < -0.39 is 23.4 Å². The maximum atomic E-state index is 12.6. The monoisotopic (exact) mass is 537 g/mol. The van der Waals surface area contributed by atoms with Crippen LogP contribution >= 0.6 is 11.8 Å². The van der Waals surface area contributed by atoms with Crippen LogP contribution in [0.4, 0.5) is 4.79 Å². The fraction of sp³-hybridized carbons (Fsp3) is 0.615. The molecular formula is C26H39N3O7S. The van der Waals surface area contributed by atoms with Gasteiger partial charge in [-0.15, -0.1) is 0 Å². The molecule has 1 aromatic rings. The summed E-state index contributed by atoms with van der Waals surface area (Å²) in [6.07, 6.45) is -0.245. The normalized spacial score (nSPS) is 17.9. The van der Waals surface area contributed by atoms with E-state index in [1.807, 2.05) is 44.2 Å². The lowest BCUT2D eigenvalue weighted by Crippen LogP contribution is -2.56. The molecule has 37 heavy (non-hydrogen) atoms. The Balaban J connectivity index is 1.48. The Kier molecular flexibility index (Phi) is 12.4. The third-order valence-corrected chi connectivity index (χ3v) is 6.45. The first-order valence-electron chi connectivity index (χ1n) is 12.4. The Morgan fingerprint density at radius 2 is 1.70 bits per heavy atom. The van der Waals surface area contributed by atoms with E-state index in [9.17, 15) is 19.2 Å². The maximum Gasteiger partial charge on any atom is 0.407 e. The molecule has 3 amide bonds. The van der Waals surface area contributed by atoms with E-state index in [1.54, 1.807) is 13.8 Å². The van der Waals surface area contributed by atoms with Crippen molar-refractivity contribution in [3.63, 3.8) is 0 Å². The van der Waals surface area contributed by atoms with Gasteiger partial charge < -0.3 is 30.2 Å². The lowest BCUT2D eigenvalue weighted by Gasteiger charge is -2.44. The highest BCUT2D eigenvalue weighted by molar-refractivity contribution is 8.13. The Morgan fingerprint density at radius 3 is 2.43 bits per heavy atom. The van der Waals surface area contributed by atoms with Gasteiger partial charge in [-0.1, -0.05) is 55.9 Å². The zero-order chi connectivity index (χ0) is 27.3. The Hall–Kier alpha value is -2.63. The molecule has 0 bridgehead atoms. The molecule has 1 atom stereocenters. The molecule has 2 rings (SSSR count). The zero-order valence-corrected chi connectivity index (χ0v) is 22.9. The largest absolute Gasteiger partial charge is 0.445 e. The molecule has 206 valence electrons. The molecule has 10 nitrogen and oxygen atoms in total. The van der Waals surface area contributed by atoms with Crippen LogP contribution in [0.15, 0.2) is 30.3 Å². The molecule has 3 N–H and O–H groups in total. The predicted molar refractivity (Wildman–Crippen MR) is 141 cm³/mol. The summed E-state index contributed by atoms with van der Waals surface area (Å²) in [6.45, 7) is 8.79. The lowest BCUT2D eigenvalue weighted by molar-refractivity contribution is -0.304. The van der Waals surface area contributed by atoms with Crippen LogP contribution in [-0.4, -0.2) is 66.9 Å². The second-order valence-corrected chi connectivity index (χ2v) is 11.0. The minimum Gasteiger partial charge on any atom is -0.445 e. The molecule has 1 fully saturated rings. The van der Waals surface area contributed by atoms with Gasteiger partial charge >= 0.3 is 6.09 Å². The van der Waals surface area contributed by atoms with Gasteiger partial charge in [0.15, 0.2) is 10.9 Å². The molecular weight excluding hydrogens is 498 g/mol. The average molecular weight is 538 g/mol. The summed E-state index contributed by atoms with van der Waals surface area (Å²) in [4.78, 5) is 48.3. The zero-order valence-electron chi connectivity index (χ0n) is 22.1. The van der Waals surface area contributed by atoms with E-state index in [2.05, 4.69) is 16.0 Å². The Labute approximate surface area is 222 Å². The summed E-state index contributed by atoms with van der Waals surface area (Å²) < 4.78 is 16.5. The van der Waals surface area contributed by atoms with Crippen LogP contribution in [0, 0.1) is 5.41 Å². The van der Waals surface area contributed by atoms with E-state index in [0.29, 0.717) is 38.3 Å². The number of thioether (sulfide) groups is 1. The van der Waals surface area contributed by atoms with E-state index in [4.69, 9.17) is 14.2 Å². The van der Waals surface area contributed by atoms with Gasteiger partial charge in [-0.05, 0) is 25.8 Å². The fourth-order valence-corrected chi connectivity index (χ4v) is 4.15. The van der Waals surface area contributed by atoms with E-state index >= 15 is 0 Å². The van der Waals surface area contributed by atoms with Crippen molar-refractivity contribution in [1.82, 2.24) is 16.0 Å². The minimum absolute atomic E-state index is 0.0111. The molecule has 0 spiro atoms. The summed E-state index contributed by atoms with van der Waals surface area (Å²) in [7, 11) is 0. The highest BCUT2D eigenvalue weighted by Gasteiger charge is 2.45. The summed E-state index contributed by atoms with van der Waals surface area (Å²) in [6, 6.07) is 9.37. The highest BCUT2D eigenvalue weighted by atomic mass is 32.2. The summed E-state index contributed by atoms with van der Waals surface area (Å²) in [5, 5.41) is 8.11. The van der Waals surface area contributed by atoms with Crippen LogP contribution < -0.4 is 16.0 Å². The van der Waals surface area contributed by atoms with Crippen molar-refractivity contribution in [2.24, 2.45) is 5.41 Å². The Morgan fingerprint density at radius 1 is 0.973 bits per heavy atom. The summed E-state index contributed by atoms with van der Waals surface area (Å²) in [5.41, 5.74) is 0.423. The molecule has 1 aliphatic heterocycles. The quantitative estimate of drug-likeness (QED) is 0.327. The fourth-order valence-electron chi connectivity index (χ4n) is 3.43. The second-order valence-electron chi connectivity index (χ2n) is 9.88. The first kappa shape index (κ1) is 30.6. The van der Waals surface area contributed by atoms with Crippen LogP contribution in [0.2, 0.25) is 0 Å². The number of hydrogen-bond acceptors (Lipinski definition) is 8. The molecule has 0 unspecified atom stereocenters. The number of nitrogens with one attached hydrogen (secondary N) is 3. The average Bonchev–Trinajstić information content (AvgIpc) is 2.85. The summed E-state index contributed by atoms with van der Waals surface area (Å²) in [5.74, 6) is -0.870. The van der Waals surface area contributed by atoms with Crippen molar-refractivity contribution < 1.29 is 33.4 Å². The first-order chi connectivity index (χ1) is 17.5. The smallest absolute Gasteiger partial charge is 0.407 e. The van der Waals surface area contributed by atoms with Crippen molar-refractivity contribution in [1.29, 1.82) is 0 Å². The second kappa shape index (κ2) is 14.9. The number of alkyl carbamates (subject to hydrolysis) is 1. The number of carbonyl (C=O) groups excluding carboxylic acids is 4. The molecule has 0 aliphatic carbocycles. The molecule has 1 aliphatic rings. The van der Waals surface area contributed by atoms with Crippen molar-refractivity contribution in [2.45, 2.75) is 65.5 Å². The van der Waals surface area contributed by atoms with Crippen molar-refractivity contribution in [3.8, 4) is 0 Å². The number of carbonyl (C=O) groups is 4. The topological polar surface area (TPSA) is 132 Å². The van der Waals surface area contributed by atoms with Crippen molar-refractivity contribution in [2.75, 3.05) is 32.0 Å². The van der Waals surface area contributed by atoms with Crippen LogP contribution in [-0.2, 0) is 35.2 Å². The summed E-state index contributed by atoms with van der Waals surface area (Å²) >= 11 is 1.14. The number of benzene rings is 1. The number of amides is 3. The van der Waals surface area contributed by atoms with Crippen molar-refractivity contribution in [3.05, 3.63) is 35.9 Å². The molecule has 0 radical (unpaired) electrons. The van der Waals surface area contributed by atoms with E-state index in [0.717, 1.165) is 17.3 Å². The molecule has 1 saturated heterocycles. The van der Waals surface area contributed by atoms with Gasteiger partial charge in [0, 0.05) is 43.6 Å². The predicted octanol–water partition coefficient (Wildman–Crippen LogP) is 2.75. The molecule has 11 heteroatoms. The number of ether oxygens (including phenoxy) is 3. The lowest BCUT2D eigenvalue weighted by atomic mass is 9.85. The molecule has 1 aromatic carbocycles. The van der Waals surface area contributed by atoms with Gasteiger partial charge in [0.05, 0.1) is 6.61 Å². The van der Waals surface area contributed by atoms with Crippen LogP contribution in [0.5, 0.6) is 0 Å². The third kappa shape index (κ3) is 12.0. The Bertz CT molecular complexity index is 909. The molecule has 1 heterocycles. The first-order valence-corrected chi connectivity index (χ1v) is 13.4. The van der Waals surface area contributed by atoms with Crippen LogP contribution in [0.1, 0.15) is 52.5 Å². The van der Waals surface area contributed by atoms with Crippen LogP contribution in [0.25, 0.3) is 0 Å². The van der Waals surface area contributed by atoms with Crippen molar-refractivity contribution >= 4 is 34.8 Å². The SMILES string of the molecule is CC1(C)OCC(C)(C)[C@H](C(=O)NCCC(=O)NCCSC(=O)CCCNC(=O)OCc2ccccc2)O1. The molecule has 0 saturated carbocycles. The number of rotatable bonds is 13. The van der Waals surface area contributed by atoms with Gasteiger partial charge in [0.1, 0.15) is 12.7 Å². The maximum absolute atomic E-state index is 12.6. The number of hydrogen-bond donors (Lipinski definition) is 3. The van der Waals surface area contributed by atoms with Gasteiger partial charge in [-0.3, -0.25) is 14.4 Å². The van der Waals surface area contributed by atoms with Crippen LogP contribution in [0.3, 0.4) is 0 Å². The highest BCUT2D eigenvalue weighted by Crippen LogP contribution is 2.34. The molecule has 0 aromatic heterocycles. The van der Waals surface area contributed by atoms with Gasteiger partial charge in [-0.25, -0.2) is 4.79 Å². The van der Waals surface area contributed by atoms with E-state index in [1.165, 1.54) is 0 Å². The standard InChI is InChI=1S/C26H39N3O7S/c1-25(2)18-35-26(3,4)36-22(25)23(32)28-14-12-20(30)27-15-16-37-21(31)11-8-13-29-24(33)34-17-19-9-6-5-7-10-19/h5-7,9-10,22H,8,11-18H2,1-4H3,(H,27,30)(H,28,32)(H,29,33)/t22-/m0/s1. The van der Waals surface area contributed by atoms with E-state index in [-0.39, 0.29) is 36.5 Å². The minimum atomic E-state index is -0.838. The third-order valence-electron chi connectivity index (χ3n) is 5.52. The van der Waals surface area contributed by atoms with Gasteiger partial charge in [-0.2, -0.15) is 0 Å². The van der Waals surface area contributed by atoms with Gasteiger partial charge in [0.2, 0.25) is 11.8 Å². The van der Waals surface area contributed by atoms with Gasteiger partial charge in [0.25, 0.3) is 0 Å².